The van der Waals surface area contributed by atoms with E-state index in [1.807, 2.05) is 42.5 Å². The Morgan fingerprint density at radius 1 is 1.10 bits per heavy atom. The van der Waals surface area contributed by atoms with Crippen molar-refractivity contribution >= 4 is 0 Å². The highest BCUT2D eigenvalue weighted by Gasteiger charge is 2.15. The number of hydrogen-bond acceptors (Lipinski definition) is 4. The summed E-state index contributed by atoms with van der Waals surface area (Å²) in [7, 11) is 1.60. The molecule has 0 fully saturated rings. The summed E-state index contributed by atoms with van der Waals surface area (Å²) in [6.07, 6.45) is -0.625. The minimum absolute atomic E-state index is 0.449. The second-order valence-corrected chi connectivity index (χ2v) is 4.95. The van der Waals surface area contributed by atoms with Crippen LogP contribution in [-0.4, -0.2) is 18.3 Å². The molecule has 0 heterocycles. The average Bonchev–Trinajstić information content (AvgIpc) is 2.52. The van der Waals surface area contributed by atoms with Crippen LogP contribution in [0.2, 0.25) is 0 Å². The minimum atomic E-state index is -0.625. The van der Waals surface area contributed by atoms with E-state index >= 15 is 0 Å². The summed E-state index contributed by atoms with van der Waals surface area (Å²) < 4.78 is 11.1. The number of aliphatic hydroxyl groups is 1. The van der Waals surface area contributed by atoms with Gasteiger partial charge in [-0.25, -0.2) is 0 Å². The SMILES string of the molecule is COc1ccc([C@@H](N)[C@H](C)O)cc1OCc1ccccc1. The average molecular weight is 287 g/mol. The molecular weight excluding hydrogens is 266 g/mol. The molecule has 0 saturated heterocycles. The molecule has 0 bridgehead atoms. The lowest BCUT2D eigenvalue weighted by molar-refractivity contribution is 0.164. The van der Waals surface area contributed by atoms with Crippen molar-refractivity contribution in [3.05, 3.63) is 59.7 Å². The van der Waals surface area contributed by atoms with Gasteiger partial charge in [0.05, 0.1) is 19.3 Å². The fourth-order valence-electron chi connectivity index (χ4n) is 2.03. The van der Waals surface area contributed by atoms with Gasteiger partial charge in [0.1, 0.15) is 6.61 Å². The first-order chi connectivity index (χ1) is 10.1. The third kappa shape index (κ3) is 3.97. The molecule has 2 aromatic rings. The van der Waals surface area contributed by atoms with Crippen molar-refractivity contribution in [2.24, 2.45) is 5.73 Å². The maximum atomic E-state index is 9.60. The molecule has 0 amide bonds. The maximum absolute atomic E-state index is 9.60. The molecule has 0 spiro atoms. The lowest BCUT2D eigenvalue weighted by Gasteiger charge is -2.18. The zero-order valence-corrected chi connectivity index (χ0v) is 12.3. The third-order valence-electron chi connectivity index (χ3n) is 3.33. The monoisotopic (exact) mass is 287 g/mol. The molecule has 2 atom stereocenters. The van der Waals surface area contributed by atoms with E-state index in [0.29, 0.717) is 18.1 Å². The summed E-state index contributed by atoms with van der Waals surface area (Å²) in [5.41, 5.74) is 7.85. The predicted molar refractivity (Wildman–Crippen MR) is 82.4 cm³/mol. The summed E-state index contributed by atoms with van der Waals surface area (Å²) in [6.45, 7) is 2.12. The Hall–Kier alpha value is -2.04. The van der Waals surface area contributed by atoms with E-state index < -0.39 is 12.1 Å². The van der Waals surface area contributed by atoms with Gasteiger partial charge in [-0.1, -0.05) is 36.4 Å². The predicted octanol–water partition coefficient (Wildman–Crippen LogP) is 2.65. The summed E-state index contributed by atoms with van der Waals surface area (Å²) in [4.78, 5) is 0. The quantitative estimate of drug-likeness (QED) is 0.857. The van der Waals surface area contributed by atoms with Crippen LogP contribution in [0.4, 0.5) is 0 Å². The smallest absolute Gasteiger partial charge is 0.161 e. The van der Waals surface area contributed by atoms with Crippen molar-refractivity contribution in [1.82, 2.24) is 0 Å². The van der Waals surface area contributed by atoms with Gasteiger partial charge >= 0.3 is 0 Å². The van der Waals surface area contributed by atoms with Crippen molar-refractivity contribution in [1.29, 1.82) is 0 Å². The molecule has 0 aromatic heterocycles. The molecule has 112 valence electrons. The minimum Gasteiger partial charge on any atom is -0.493 e. The number of rotatable bonds is 6. The number of ether oxygens (including phenoxy) is 2. The van der Waals surface area contributed by atoms with Crippen LogP contribution in [0.3, 0.4) is 0 Å². The van der Waals surface area contributed by atoms with Gasteiger partial charge in [-0.05, 0) is 30.2 Å². The van der Waals surface area contributed by atoms with Crippen LogP contribution in [0, 0.1) is 0 Å². The number of benzene rings is 2. The number of aliphatic hydroxyl groups excluding tert-OH is 1. The lowest BCUT2D eigenvalue weighted by atomic mass is 10.0. The van der Waals surface area contributed by atoms with Gasteiger partial charge in [0.15, 0.2) is 11.5 Å². The van der Waals surface area contributed by atoms with E-state index in [1.165, 1.54) is 0 Å². The normalized spacial score (nSPS) is 13.5. The maximum Gasteiger partial charge on any atom is 0.161 e. The van der Waals surface area contributed by atoms with Crippen LogP contribution >= 0.6 is 0 Å². The molecule has 0 saturated carbocycles. The van der Waals surface area contributed by atoms with Crippen molar-refractivity contribution in [2.75, 3.05) is 7.11 Å². The molecule has 2 rings (SSSR count). The van der Waals surface area contributed by atoms with E-state index in [4.69, 9.17) is 15.2 Å². The molecule has 3 N–H and O–H groups in total. The Balaban J connectivity index is 2.18. The van der Waals surface area contributed by atoms with Gasteiger partial charge in [0.2, 0.25) is 0 Å². The summed E-state index contributed by atoms with van der Waals surface area (Å²) >= 11 is 0. The van der Waals surface area contributed by atoms with Crippen molar-refractivity contribution in [3.63, 3.8) is 0 Å². The molecule has 21 heavy (non-hydrogen) atoms. The zero-order chi connectivity index (χ0) is 15.2. The van der Waals surface area contributed by atoms with E-state index in [1.54, 1.807) is 20.1 Å². The van der Waals surface area contributed by atoms with E-state index in [-0.39, 0.29) is 0 Å². The number of hydrogen-bond donors (Lipinski definition) is 2. The lowest BCUT2D eigenvalue weighted by Crippen LogP contribution is -2.23. The summed E-state index contributed by atoms with van der Waals surface area (Å²) in [5, 5.41) is 9.60. The highest BCUT2D eigenvalue weighted by molar-refractivity contribution is 5.44. The summed E-state index contributed by atoms with van der Waals surface area (Å²) in [5.74, 6) is 1.27. The standard InChI is InChI=1S/C17H21NO3/c1-12(19)17(18)14-8-9-15(20-2)16(10-14)21-11-13-6-4-3-5-7-13/h3-10,12,17,19H,11,18H2,1-2H3/t12-,17-/m0/s1. The van der Waals surface area contributed by atoms with Crippen LogP contribution in [0.25, 0.3) is 0 Å². The van der Waals surface area contributed by atoms with Crippen molar-refractivity contribution in [3.8, 4) is 11.5 Å². The van der Waals surface area contributed by atoms with Crippen molar-refractivity contribution in [2.45, 2.75) is 25.7 Å². The van der Waals surface area contributed by atoms with Crippen molar-refractivity contribution < 1.29 is 14.6 Å². The van der Waals surface area contributed by atoms with Crippen LogP contribution in [0.1, 0.15) is 24.1 Å². The fraction of sp³-hybridized carbons (Fsp3) is 0.294. The van der Waals surface area contributed by atoms with Gasteiger partial charge in [-0.15, -0.1) is 0 Å². The molecule has 0 aliphatic carbocycles. The van der Waals surface area contributed by atoms with Gasteiger partial charge in [0.25, 0.3) is 0 Å². The topological polar surface area (TPSA) is 64.7 Å². The highest BCUT2D eigenvalue weighted by atomic mass is 16.5. The van der Waals surface area contributed by atoms with E-state index in [2.05, 4.69) is 0 Å². The number of nitrogens with two attached hydrogens (primary N) is 1. The van der Waals surface area contributed by atoms with Crippen LogP contribution in [0.15, 0.2) is 48.5 Å². The molecular formula is C17H21NO3. The first kappa shape index (κ1) is 15.4. The Morgan fingerprint density at radius 3 is 2.43 bits per heavy atom. The van der Waals surface area contributed by atoms with Gasteiger partial charge in [-0.2, -0.15) is 0 Å². The molecule has 0 radical (unpaired) electrons. The Bertz CT molecular complexity index is 570. The second-order valence-electron chi connectivity index (χ2n) is 4.95. The highest BCUT2D eigenvalue weighted by Crippen LogP contribution is 2.31. The molecule has 4 nitrogen and oxygen atoms in total. The largest absolute Gasteiger partial charge is 0.493 e. The molecule has 4 heteroatoms. The Morgan fingerprint density at radius 2 is 1.81 bits per heavy atom. The van der Waals surface area contributed by atoms with Crippen LogP contribution in [0.5, 0.6) is 11.5 Å². The number of methoxy groups -OCH3 is 1. The van der Waals surface area contributed by atoms with Crippen LogP contribution in [-0.2, 0) is 6.61 Å². The fourth-order valence-corrected chi connectivity index (χ4v) is 2.03. The molecule has 0 aliphatic rings. The molecule has 2 aromatic carbocycles. The zero-order valence-electron chi connectivity index (χ0n) is 12.3. The third-order valence-corrected chi connectivity index (χ3v) is 3.33. The van der Waals surface area contributed by atoms with E-state index in [9.17, 15) is 5.11 Å². The second kappa shape index (κ2) is 7.11. The first-order valence-corrected chi connectivity index (χ1v) is 6.90. The van der Waals surface area contributed by atoms with Gasteiger partial charge < -0.3 is 20.3 Å². The Kier molecular flexibility index (Phi) is 5.20. The van der Waals surface area contributed by atoms with Crippen LogP contribution < -0.4 is 15.2 Å². The summed E-state index contributed by atoms with van der Waals surface area (Å²) in [6, 6.07) is 14.9. The first-order valence-electron chi connectivity index (χ1n) is 6.90. The van der Waals surface area contributed by atoms with Gasteiger partial charge in [0, 0.05) is 0 Å². The molecule has 0 unspecified atom stereocenters. The molecule has 0 aliphatic heterocycles. The Labute approximate surface area is 125 Å². The van der Waals surface area contributed by atoms with Gasteiger partial charge in [-0.3, -0.25) is 0 Å². The van der Waals surface area contributed by atoms with E-state index in [0.717, 1.165) is 11.1 Å².